The van der Waals surface area contributed by atoms with Gasteiger partial charge in [0, 0.05) is 19.6 Å². The van der Waals surface area contributed by atoms with E-state index < -0.39 is 17.4 Å². The van der Waals surface area contributed by atoms with Crippen LogP contribution in [-0.4, -0.2) is 49.2 Å². The number of urea groups is 1. The van der Waals surface area contributed by atoms with E-state index in [2.05, 4.69) is 5.32 Å². The molecule has 28 heavy (non-hydrogen) atoms. The lowest BCUT2D eigenvalue weighted by atomic mass is 9.75. The lowest BCUT2D eigenvalue weighted by molar-refractivity contribution is -0.165. The van der Waals surface area contributed by atoms with Gasteiger partial charge in [0.05, 0.1) is 25.0 Å². The van der Waals surface area contributed by atoms with Crippen LogP contribution in [0.3, 0.4) is 0 Å². The third kappa shape index (κ3) is 5.68. The number of piperidine rings is 1. The molecule has 1 aliphatic rings. The Morgan fingerprint density at radius 1 is 1.07 bits per heavy atom. The summed E-state index contributed by atoms with van der Waals surface area (Å²) in [7, 11) is 0. The Hall–Kier alpha value is -2.64. The molecule has 154 valence electrons. The number of halogens is 1. The van der Waals surface area contributed by atoms with Crippen molar-refractivity contribution in [2.24, 2.45) is 5.41 Å². The minimum atomic E-state index is -0.962. The lowest BCUT2D eigenvalue weighted by Gasteiger charge is -2.39. The van der Waals surface area contributed by atoms with E-state index in [1.807, 2.05) is 0 Å². The molecule has 1 aromatic carbocycles. The first-order chi connectivity index (χ1) is 13.4. The van der Waals surface area contributed by atoms with Crippen molar-refractivity contribution < 1.29 is 28.2 Å². The predicted molar refractivity (Wildman–Crippen MR) is 99.8 cm³/mol. The minimum absolute atomic E-state index is 0.0509. The van der Waals surface area contributed by atoms with Gasteiger partial charge in [-0.3, -0.25) is 9.59 Å². The zero-order valence-electron chi connectivity index (χ0n) is 16.3. The number of ether oxygens (including phenoxy) is 2. The largest absolute Gasteiger partial charge is 0.466 e. The maximum Gasteiger partial charge on any atom is 0.317 e. The van der Waals surface area contributed by atoms with Gasteiger partial charge in [-0.1, -0.05) is 12.1 Å². The highest BCUT2D eigenvalue weighted by Gasteiger charge is 2.45. The third-order valence-electron chi connectivity index (χ3n) is 4.86. The monoisotopic (exact) mass is 394 g/mol. The van der Waals surface area contributed by atoms with Crippen LogP contribution in [-0.2, 0) is 25.6 Å². The molecule has 2 rings (SSSR count). The van der Waals surface area contributed by atoms with Gasteiger partial charge in [-0.15, -0.1) is 0 Å². The Morgan fingerprint density at radius 3 is 2.25 bits per heavy atom. The zero-order chi connectivity index (χ0) is 20.6. The summed E-state index contributed by atoms with van der Waals surface area (Å²) in [5.74, 6) is -1.19. The second-order valence-corrected chi connectivity index (χ2v) is 6.75. The van der Waals surface area contributed by atoms with Crippen molar-refractivity contribution in [2.45, 2.75) is 39.7 Å². The highest BCUT2D eigenvalue weighted by molar-refractivity contribution is 5.84. The summed E-state index contributed by atoms with van der Waals surface area (Å²) in [6.07, 6.45) is 0.605. The molecular weight excluding hydrogens is 367 g/mol. The first-order valence-electron chi connectivity index (χ1n) is 9.50. The summed E-state index contributed by atoms with van der Waals surface area (Å²) >= 11 is 0. The summed E-state index contributed by atoms with van der Waals surface area (Å²) in [6.45, 7) is 4.83. The van der Waals surface area contributed by atoms with E-state index in [9.17, 15) is 18.8 Å². The summed E-state index contributed by atoms with van der Waals surface area (Å²) in [5, 5.41) is 2.79. The Morgan fingerprint density at radius 2 is 1.68 bits per heavy atom. The van der Waals surface area contributed by atoms with Crippen molar-refractivity contribution in [2.75, 3.05) is 26.3 Å². The van der Waals surface area contributed by atoms with Gasteiger partial charge in [-0.2, -0.15) is 0 Å². The summed E-state index contributed by atoms with van der Waals surface area (Å²) < 4.78 is 23.1. The fourth-order valence-electron chi connectivity index (χ4n) is 3.26. The standard InChI is InChI=1S/C20H27FN2O5/c1-3-27-17(24)13-20(18(25)28-4-2)9-11-23(12-10-20)19(26)22-14-15-5-7-16(21)8-6-15/h5-8H,3-4,9-14H2,1-2H3,(H,22,26). The van der Waals surface area contributed by atoms with Crippen molar-refractivity contribution in [1.82, 2.24) is 10.2 Å². The summed E-state index contributed by atoms with van der Waals surface area (Å²) in [6, 6.07) is 5.63. The first-order valence-corrected chi connectivity index (χ1v) is 9.50. The number of nitrogens with zero attached hydrogens (tertiary/aromatic N) is 1. The molecule has 0 bridgehead atoms. The van der Waals surface area contributed by atoms with Crippen LogP contribution in [0, 0.1) is 11.2 Å². The molecule has 0 atom stereocenters. The van der Waals surface area contributed by atoms with Crippen LogP contribution in [0.25, 0.3) is 0 Å². The Balaban J connectivity index is 1.94. The van der Waals surface area contributed by atoms with Gasteiger partial charge < -0.3 is 19.7 Å². The number of esters is 2. The topological polar surface area (TPSA) is 84.9 Å². The highest BCUT2D eigenvalue weighted by Crippen LogP contribution is 2.37. The highest BCUT2D eigenvalue weighted by atomic mass is 19.1. The summed E-state index contributed by atoms with van der Waals surface area (Å²) in [4.78, 5) is 38.5. The lowest BCUT2D eigenvalue weighted by Crippen LogP contribution is -2.50. The molecule has 2 amide bonds. The van der Waals surface area contributed by atoms with Crippen molar-refractivity contribution in [3.05, 3.63) is 35.6 Å². The van der Waals surface area contributed by atoms with Crippen LogP contribution >= 0.6 is 0 Å². The van der Waals surface area contributed by atoms with E-state index in [1.165, 1.54) is 12.1 Å². The van der Waals surface area contributed by atoms with E-state index in [0.29, 0.717) is 25.9 Å². The SMILES string of the molecule is CCOC(=O)CC1(C(=O)OCC)CCN(C(=O)NCc2ccc(F)cc2)CC1. The van der Waals surface area contributed by atoms with Crippen LogP contribution in [0.1, 0.15) is 38.7 Å². The Kier molecular flexibility index (Phi) is 7.78. The Labute approximate surface area is 164 Å². The number of likely N-dealkylation sites (tertiary alicyclic amines) is 1. The number of hydrogen-bond donors (Lipinski definition) is 1. The van der Waals surface area contributed by atoms with Gasteiger partial charge in [-0.25, -0.2) is 9.18 Å². The van der Waals surface area contributed by atoms with Gasteiger partial charge in [-0.05, 0) is 44.4 Å². The number of rotatable bonds is 7. The minimum Gasteiger partial charge on any atom is -0.466 e. The van der Waals surface area contributed by atoms with Crippen LogP contribution in [0.2, 0.25) is 0 Å². The fraction of sp³-hybridized carbons (Fsp3) is 0.550. The smallest absolute Gasteiger partial charge is 0.317 e. The number of carbonyl (C=O) groups is 3. The molecule has 1 fully saturated rings. The molecule has 0 aromatic heterocycles. The van der Waals surface area contributed by atoms with Crippen LogP contribution in [0.5, 0.6) is 0 Å². The molecule has 1 heterocycles. The van der Waals surface area contributed by atoms with E-state index >= 15 is 0 Å². The molecule has 0 spiro atoms. The quantitative estimate of drug-likeness (QED) is 0.719. The van der Waals surface area contributed by atoms with Gasteiger partial charge in [0.2, 0.25) is 0 Å². The molecule has 1 aromatic rings. The first kappa shape index (κ1) is 21.7. The van der Waals surface area contributed by atoms with Gasteiger partial charge >= 0.3 is 18.0 Å². The summed E-state index contributed by atoms with van der Waals surface area (Å²) in [5.41, 5.74) is -0.175. The number of benzene rings is 1. The molecule has 7 nitrogen and oxygen atoms in total. The van der Waals surface area contributed by atoms with Crippen molar-refractivity contribution >= 4 is 18.0 Å². The third-order valence-corrected chi connectivity index (χ3v) is 4.86. The van der Waals surface area contributed by atoms with Gasteiger partial charge in [0.15, 0.2) is 0 Å². The zero-order valence-corrected chi connectivity index (χ0v) is 16.3. The maximum absolute atomic E-state index is 12.9. The molecule has 0 saturated carbocycles. The fourth-order valence-corrected chi connectivity index (χ4v) is 3.26. The Bertz CT molecular complexity index is 684. The molecule has 8 heteroatoms. The average Bonchev–Trinajstić information content (AvgIpc) is 2.68. The molecule has 1 saturated heterocycles. The molecule has 0 aliphatic carbocycles. The number of hydrogen-bond acceptors (Lipinski definition) is 5. The number of carbonyl (C=O) groups excluding carboxylic acids is 3. The maximum atomic E-state index is 12.9. The molecule has 1 N–H and O–H groups in total. The molecule has 0 radical (unpaired) electrons. The van der Waals surface area contributed by atoms with Gasteiger partial charge in [0.25, 0.3) is 0 Å². The van der Waals surface area contributed by atoms with E-state index in [4.69, 9.17) is 9.47 Å². The van der Waals surface area contributed by atoms with E-state index in [-0.39, 0.29) is 38.0 Å². The van der Waals surface area contributed by atoms with Crippen LogP contribution in [0.15, 0.2) is 24.3 Å². The second-order valence-electron chi connectivity index (χ2n) is 6.75. The van der Waals surface area contributed by atoms with E-state index in [0.717, 1.165) is 5.56 Å². The number of amides is 2. The van der Waals surface area contributed by atoms with Crippen LogP contribution < -0.4 is 5.32 Å². The van der Waals surface area contributed by atoms with Crippen molar-refractivity contribution in [1.29, 1.82) is 0 Å². The van der Waals surface area contributed by atoms with Crippen molar-refractivity contribution in [3.63, 3.8) is 0 Å². The predicted octanol–water partition coefficient (Wildman–Crippen LogP) is 2.63. The van der Waals surface area contributed by atoms with Crippen LogP contribution in [0.4, 0.5) is 9.18 Å². The molecule has 1 aliphatic heterocycles. The number of nitrogens with one attached hydrogen (secondary N) is 1. The van der Waals surface area contributed by atoms with Crippen molar-refractivity contribution in [3.8, 4) is 0 Å². The molecule has 0 unspecified atom stereocenters. The second kappa shape index (κ2) is 10.1. The normalized spacial score (nSPS) is 15.6. The average molecular weight is 394 g/mol. The van der Waals surface area contributed by atoms with Gasteiger partial charge in [0.1, 0.15) is 5.82 Å². The van der Waals surface area contributed by atoms with E-state index in [1.54, 1.807) is 30.9 Å². The molecular formula is C20H27FN2O5.